The predicted molar refractivity (Wildman–Crippen MR) is 108 cm³/mol. The smallest absolute Gasteiger partial charge is 0.233 e. The van der Waals surface area contributed by atoms with Crippen LogP contribution in [0.2, 0.25) is 0 Å². The summed E-state index contributed by atoms with van der Waals surface area (Å²) in [6.45, 7) is 0.103. The van der Waals surface area contributed by atoms with Crippen LogP contribution in [0.1, 0.15) is 48.3 Å². The lowest BCUT2D eigenvalue weighted by atomic mass is 9.81. The highest BCUT2D eigenvalue weighted by Crippen LogP contribution is 2.37. The fourth-order valence-corrected chi connectivity index (χ4v) is 4.31. The van der Waals surface area contributed by atoms with E-state index in [9.17, 15) is 19.2 Å². The molecule has 1 saturated carbocycles. The number of nitrogens with zero attached hydrogens (tertiary/aromatic N) is 3. The molecule has 2 aromatic rings. The second kappa shape index (κ2) is 8.22. The number of carbonyl (C=O) groups is 4. The Labute approximate surface area is 174 Å². The van der Waals surface area contributed by atoms with Crippen molar-refractivity contribution in [2.75, 3.05) is 11.9 Å². The highest BCUT2D eigenvalue weighted by molar-refractivity contribution is 6.07. The van der Waals surface area contributed by atoms with Crippen molar-refractivity contribution in [1.29, 1.82) is 0 Å². The molecule has 1 aromatic carbocycles. The van der Waals surface area contributed by atoms with Crippen LogP contribution in [0.4, 0.5) is 5.69 Å². The zero-order valence-corrected chi connectivity index (χ0v) is 16.8. The standard InChI is InChI=1S/C22H24N4O4/c1-25-13-11-23-20(25)19(28)14-6-8-15(9-7-14)24-18(27)10-12-26-21(29)16-4-2-3-5-17(16)22(26)30/h6-9,11,13,16-17H,2-5,10,12H2,1H3,(H,24,27)/t16-,17-/m1/s1. The predicted octanol–water partition coefficient (Wildman–Crippen LogP) is 2.15. The molecule has 0 bridgehead atoms. The summed E-state index contributed by atoms with van der Waals surface area (Å²) in [6, 6.07) is 6.55. The first-order chi connectivity index (χ1) is 14.5. The maximum atomic E-state index is 12.5. The first kappa shape index (κ1) is 20.0. The molecule has 1 N–H and O–H groups in total. The van der Waals surface area contributed by atoms with Crippen LogP contribution < -0.4 is 5.32 Å². The second-order valence-corrected chi connectivity index (χ2v) is 7.89. The number of imide groups is 1. The number of likely N-dealkylation sites (tertiary alicyclic amines) is 1. The van der Waals surface area contributed by atoms with E-state index in [0.717, 1.165) is 25.7 Å². The van der Waals surface area contributed by atoms with Gasteiger partial charge in [-0.05, 0) is 37.1 Å². The van der Waals surface area contributed by atoms with E-state index >= 15 is 0 Å². The van der Waals surface area contributed by atoms with Gasteiger partial charge in [0.25, 0.3) is 0 Å². The molecule has 156 valence electrons. The number of hydrogen-bond donors (Lipinski definition) is 1. The Morgan fingerprint density at radius 1 is 1.07 bits per heavy atom. The number of hydrogen-bond acceptors (Lipinski definition) is 5. The van der Waals surface area contributed by atoms with Crippen molar-refractivity contribution in [1.82, 2.24) is 14.5 Å². The van der Waals surface area contributed by atoms with Crippen LogP contribution in [-0.4, -0.2) is 44.5 Å². The molecule has 1 saturated heterocycles. The molecule has 1 aromatic heterocycles. The lowest BCUT2D eigenvalue weighted by Gasteiger charge is -2.19. The molecular weight excluding hydrogens is 384 g/mol. The number of carbonyl (C=O) groups excluding carboxylic acids is 4. The molecule has 0 radical (unpaired) electrons. The minimum atomic E-state index is -0.284. The van der Waals surface area contributed by atoms with Crippen LogP contribution in [0, 0.1) is 11.8 Å². The van der Waals surface area contributed by atoms with Gasteiger partial charge in [-0.1, -0.05) is 12.8 Å². The molecular formula is C22H24N4O4. The number of anilines is 1. The molecule has 0 unspecified atom stereocenters. The van der Waals surface area contributed by atoms with Crippen molar-refractivity contribution in [2.45, 2.75) is 32.1 Å². The van der Waals surface area contributed by atoms with Crippen LogP contribution in [0.25, 0.3) is 0 Å². The largest absolute Gasteiger partial charge is 0.331 e. The topological polar surface area (TPSA) is 101 Å². The second-order valence-electron chi connectivity index (χ2n) is 7.89. The Morgan fingerprint density at radius 3 is 2.27 bits per heavy atom. The summed E-state index contributed by atoms with van der Waals surface area (Å²) in [5.74, 6) is -0.797. The number of ketones is 1. The van der Waals surface area contributed by atoms with Crippen molar-refractivity contribution in [3.05, 3.63) is 48.0 Å². The van der Waals surface area contributed by atoms with Crippen molar-refractivity contribution in [3.63, 3.8) is 0 Å². The van der Waals surface area contributed by atoms with Crippen LogP contribution in [-0.2, 0) is 21.4 Å². The molecule has 1 aliphatic heterocycles. The Kier molecular flexibility index (Phi) is 5.48. The van der Waals surface area contributed by atoms with Gasteiger partial charge in [0.15, 0.2) is 5.82 Å². The van der Waals surface area contributed by atoms with Gasteiger partial charge in [-0.3, -0.25) is 24.1 Å². The summed E-state index contributed by atoms with van der Waals surface area (Å²) in [4.78, 5) is 55.0. The summed E-state index contributed by atoms with van der Waals surface area (Å²) in [7, 11) is 1.75. The summed E-state index contributed by atoms with van der Waals surface area (Å²) < 4.78 is 1.65. The van der Waals surface area contributed by atoms with Crippen molar-refractivity contribution in [2.24, 2.45) is 18.9 Å². The molecule has 2 atom stereocenters. The van der Waals surface area contributed by atoms with E-state index < -0.39 is 0 Å². The highest BCUT2D eigenvalue weighted by atomic mass is 16.2. The van der Waals surface area contributed by atoms with Gasteiger partial charge in [0.2, 0.25) is 23.5 Å². The third kappa shape index (κ3) is 3.77. The molecule has 0 spiro atoms. The molecule has 2 fully saturated rings. The Balaban J connectivity index is 1.32. The molecule has 4 rings (SSSR count). The molecule has 8 heteroatoms. The van der Waals surface area contributed by atoms with Crippen LogP contribution in [0.3, 0.4) is 0 Å². The quantitative estimate of drug-likeness (QED) is 0.583. The van der Waals surface area contributed by atoms with E-state index in [-0.39, 0.29) is 48.3 Å². The SMILES string of the molecule is Cn1ccnc1C(=O)c1ccc(NC(=O)CCN2C(=O)[C@@H]3CCCC[C@H]3C2=O)cc1. The third-order valence-electron chi connectivity index (χ3n) is 5.95. The minimum absolute atomic E-state index is 0.0465. The van der Waals surface area contributed by atoms with E-state index in [0.29, 0.717) is 17.1 Å². The van der Waals surface area contributed by atoms with Crippen molar-refractivity contribution in [3.8, 4) is 0 Å². The van der Waals surface area contributed by atoms with Gasteiger partial charge in [0.1, 0.15) is 0 Å². The lowest BCUT2D eigenvalue weighted by Crippen LogP contribution is -2.34. The monoisotopic (exact) mass is 408 g/mol. The van der Waals surface area contributed by atoms with Crippen LogP contribution >= 0.6 is 0 Å². The average molecular weight is 408 g/mol. The molecule has 2 heterocycles. The Morgan fingerprint density at radius 2 is 1.70 bits per heavy atom. The number of amides is 3. The van der Waals surface area contributed by atoms with Crippen molar-refractivity contribution < 1.29 is 19.2 Å². The van der Waals surface area contributed by atoms with Gasteiger partial charge < -0.3 is 9.88 Å². The van der Waals surface area contributed by atoms with Crippen LogP contribution in [0.5, 0.6) is 0 Å². The van der Waals surface area contributed by atoms with Gasteiger partial charge in [-0.25, -0.2) is 4.98 Å². The summed E-state index contributed by atoms with van der Waals surface area (Å²) in [5, 5.41) is 2.75. The molecule has 1 aliphatic carbocycles. The number of fused-ring (bicyclic) bond motifs is 1. The summed E-state index contributed by atoms with van der Waals surface area (Å²) >= 11 is 0. The zero-order chi connectivity index (χ0) is 21.3. The molecule has 30 heavy (non-hydrogen) atoms. The van der Waals surface area contributed by atoms with E-state index in [2.05, 4.69) is 10.3 Å². The first-order valence-corrected chi connectivity index (χ1v) is 10.2. The molecule has 2 aliphatic rings. The number of nitrogens with one attached hydrogen (secondary N) is 1. The normalized spacial score (nSPS) is 20.9. The maximum absolute atomic E-state index is 12.5. The average Bonchev–Trinajstić information content (AvgIpc) is 3.28. The third-order valence-corrected chi connectivity index (χ3v) is 5.95. The van der Waals surface area contributed by atoms with E-state index in [1.807, 2.05) is 0 Å². The summed E-state index contributed by atoms with van der Waals surface area (Å²) in [5.41, 5.74) is 1.02. The minimum Gasteiger partial charge on any atom is -0.331 e. The number of benzene rings is 1. The summed E-state index contributed by atoms with van der Waals surface area (Å²) in [6.07, 6.45) is 6.80. The highest BCUT2D eigenvalue weighted by Gasteiger charge is 2.47. The van der Waals surface area contributed by atoms with Crippen molar-refractivity contribution >= 4 is 29.2 Å². The first-order valence-electron chi connectivity index (χ1n) is 10.2. The molecule has 8 nitrogen and oxygen atoms in total. The zero-order valence-electron chi connectivity index (χ0n) is 16.8. The number of imidazole rings is 1. The van der Waals surface area contributed by atoms with E-state index in [1.54, 1.807) is 48.3 Å². The van der Waals surface area contributed by atoms with Gasteiger partial charge in [-0.15, -0.1) is 0 Å². The van der Waals surface area contributed by atoms with Gasteiger partial charge in [-0.2, -0.15) is 0 Å². The Hall–Kier alpha value is -3.29. The van der Waals surface area contributed by atoms with Gasteiger partial charge in [0, 0.05) is 43.7 Å². The van der Waals surface area contributed by atoms with Crippen LogP contribution in [0.15, 0.2) is 36.7 Å². The van der Waals surface area contributed by atoms with Gasteiger partial charge >= 0.3 is 0 Å². The number of aryl methyl sites for hydroxylation is 1. The lowest BCUT2D eigenvalue weighted by molar-refractivity contribution is -0.140. The van der Waals surface area contributed by atoms with Gasteiger partial charge in [0.05, 0.1) is 11.8 Å². The van der Waals surface area contributed by atoms with E-state index in [4.69, 9.17) is 0 Å². The fourth-order valence-electron chi connectivity index (χ4n) is 4.31. The number of rotatable bonds is 6. The number of aromatic nitrogens is 2. The molecule has 3 amide bonds. The maximum Gasteiger partial charge on any atom is 0.233 e. The fraction of sp³-hybridized carbons (Fsp3) is 0.409. The van der Waals surface area contributed by atoms with E-state index in [1.165, 1.54) is 4.90 Å². The Bertz CT molecular complexity index is 971.